The van der Waals surface area contributed by atoms with Crippen LogP contribution in [0.5, 0.6) is 0 Å². The molecular formula is C14H28. The molecule has 1 aliphatic rings. The highest BCUT2D eigenvalue weighted by Crippen LogP contribution is 2.61. The SMILES string of the molecule is CC(C(C)(C)C)C1(C(C)(C)C)CCC1. The summed E-state index contributed by atoms with van der Waals surface area (Å²) in [6.07, 6.45) is 4.32. The van der Waals surface area contributed by atoms with Crippen LogP contribution >= 0.6 is 0 Å². The lowest BCUT2D eigenvalue weighted by atomic mass is 9.46. The van der Waals surface area contributed by atoms with Crippen molar-refractivity contribution in [2.24, 2.45) is 22.2 Å². The van der Waals surface area contributed by atoms with Gasteiger partial charge in [0.05, 0.1) is 0 Å². The lowest BCUT2D eigenvalue weighted by molar-refractivity contribution is -0.0937. The van der Waals surface area contributed by atoms with Gasteiger partial charge in [-0.15, -0.1) is 0 Å². The number of hydrogen-bond acceptors (Lipinski definition) is 0. The van der Waals surface area contributed by atoms with Crippen molar-refractivity contribution < 1.29 is 0 Å². The van der Waals surface area contributed by atoms with Crippen molar-refractivity contribution in [3.63, 3.8) is 0 Å². The fourth-order valence-electron chi connectivity index (χ4n) is 3.22. The van der Waals surface area contributed by atoms with Crippen LogP contribution in [0.1, 0.15) is 67.7 Å². The van der Waals surface area contributed by atoms with Gasteiger partial charge in [0.2, 0.25) is 0 Å². The number of rotatable bonds is 1. The Bertz CT molecular complexity index is 195. The summed E-state index contributed by atoms with van der Waals surface area (Å²) < 4.78 is 0. The molecule has 0 bridgehead atoms. The molecule has 0 spiro atoms. The van der Waals surface area contributed by atoms with Crippen molar-refractivity contribution in [2.45, 2.75) is 67.7 Å². The molecule has 1 saturated carbocycles. The summed E-state index contributed by atoms with van der Waals surface area (Å²) in [7, 11) is 0. The monoisotopic (exact) mass is 196 g/mol. The molecule has 14 heavy (non-hydrogen) atoms. The summed E-state index contributed by atoms with van der Waals surface area (Å²) in [5, 5.41) is 0. The molecule has 0 radical (unpaired) electrons. The Morgan fingerprint density at radius 3 is 1.43 bits per heavy atom. The largest absolute Gasteiger partial charge is 0.0615 e. The fourth-order valence-corrected chi connectivity index (χ4v) is 3.22. The second-order valence-corrected chi connectivity index (χ2v) is 7.35. The molecular weight excluding hydrogens is 168 g/mol. The van der Waals surface area contributed by atoms with Gasteiger partial charge in [-0.3, -0.25) is 0 Å². The summed E-state index contributed by atoms with van der Waals surface area (Å²) >= 11 is 0. The molecule has 0 N–H and O–H groups in total. The van der Waals surface area contributed by atoms with Gasteiger partial charge in [0.1, 0.15) is 0 Å². The fraction of sp³-hybridized carbons (Fsp3) is 1.00. The molecule has 1 aliphatic carbocycles. The number of hydrogen-bond donors (Lipinski definition) is 0. The van der Waals surface area contributed by atoms with E-state index in [2.05, 4.69) is 48.5 Å². The van der Waals surface area contributed by atoms with Crippen LogP contribution in [-0.4, -0.2) is 0 Å². The summed E-state index contributed by atoms with van der Waals surface area (Å²) in [4.78, 5) is 0. The third-order valence-electron chi connectivity index (χ3n) is 4.87. The highest BCUT2D eigenvalue weighted by atomic mass is 14.6. The maximum Gasteiger partial charge on any atom is -0.0218 e. The molecule has 1 rings (SSSR count). The van der Waals surface area contributed by atoms with Gasteiger partial charge in [-0.25, -0.2) is 0 Å². The molecule has 0 aromatic rings. The van der Waals surface area contributed by atoms with Crippen LogP contribution in [0.4, 0.5) is 0 Å². The van der Waals surface area contributed by atoms with Gasteiger partial charge in [-0.2, -0.15) is 0 Å². The Morgan fingerprint density at radius 1 is 0.929 bits per heavy atom. The first-order valence-electron chi connectivity index (χ1n) is 6.11. The summed E-state index contributed by atoms with van der Waals surface area (Å²) in [6, 6.07) is 0. The second-order valence-electron chi connectivity index (χ2n) is 7.35. The highest BCUT2D eigenvalue weighted by Gasteiger charge is 2.52. The predicted molar refractivity (Wildman–Crippen MR) is 64.4 cm³/mol. The highest BCUT2D eigenvalue weighted by molar-refractivity contribution is 5.02. The van der Waals surface area contributed by atoms with Crippen molar-refractivity contribution in [1.29, 1.82) is 0 Å². The van der Waals surface area contributed by atoms with E-state index in [1.165, 1.54) is 19.3 Å². The molecule has 0 heteroatoms. The molecule has 1 unspecified atom stereocenters. The van der Waals surface area contributed by atoms with E-state index in [0.717, 1.165) is 5.92 Å². The summed E-state index contributed by atoms with van der Waals surface area (Å²) in [6.45, 7) is 16.9. The van der Waals surface area contributed by atoms with Gasteiger partial charge in [0, 0.05) is 0 Å². The standard InChI is InChI=1S/C14H28/c1-11(12(2,3)4)14(9-8-10-14)13(5,6)7/h11H,8-10H2,1-7H3. The Hall–Kier alpha value is 0. The van der Waals surface area contributed by atoms with E-state index in [4.69, 9.17) is 0 Å². The normalized spacial score (nSPS) is 24.2. The molecule has 1 fully saturated rings. The van der Waals surface area contributed by atoms with E-state index in [9.17, 15) is 0 Å². The van der Waals surface area contributed by atoms with Gasteiger partial charge in [-0.1, -0.05) is 54.9 Å². The van der Waals surface area contributed by atoms with E-state index < -0.39 is 0 Å². The van der Waals surface area contributed by atoms with Crippen LogP contribution in [0.25, 0.3) is 0 Å². The average Bonchev–Trinajstić information content (AvgIpc) is 1.77. The van der Waals surface area contributed by atoms with Crippen molar-refractivity contribution in [3.05, 3.63) is 0 Å². The molecule has 0 heterocycles. The topological polar surface area (TPSA) is 0 Å². The van der Waals surface area contributed by atoms with Crippen LogP contribution in [0, 0.1) is 22.2 Å². The molecule has 0 amide bonds. The first-order valence-corrected chi connectivity index (χ1v) is 6.11. The van der Waals surface area contributed by atoms with E-state index >= 15 is 0 Å². The van der Waals surface area contributed by atoms with Crippen LogP contribution < -0.4 is 0 Å². The van der Waals surface area contributed by atoms with Crippen molar-refractivity contribution in [2.75, 3.05) is 0 Å². The lowest BCUT2D eigenvalue weighted by Crippen LogP contribution is -2.50. The quantitative estimate of drug-likeness (QED) is 0.560. The molecule has 0 saturated heterocycles. The van der Waals surface area contributed by atoms with Crippen LogP contribution in [0.15, 0.2) is 0 Å². The van der Waals surface area contributed by atoms with Crippen LogP contribution in [-0.2, 0) is 0 Å². The molecule has 0 nitrogen and oxygen atoms in total. The Balaban J connectivity index is 2.92. The van der Waals surface area contributed by atoms with Crippen molar-refractivity contribution in [1.82, 2.24) is 0 Å². The summed E-state index contributed by atoms with van der Waals surface area (Å²) in [5.41, 5.74) is 1.52. The smallest absolute Gasteiger partial charge is 0.0218 e. The van der Waals surface area contributed by atoms with E-state index in [-0.39, 0.29) is 0 Å². The van der Waals surface area contributed by atoms with E-state index in [1.807, 2.05) is 0 Å². The van der Waals surface area contributed by atoms with Gasteiger partial charge in [-0.05, 0) is 35.0 Å². The summed E-state index contributed by atoms with van der Waals surface area (Å²) in [5.74, 6) is 0.823. The zero-order chi connectivity index (χ0) is 11.2. The maximum atomic E-state index is 2.46. The van der Waals surface area contributed by atoms with E-state index in [0.29, 0.717) is 16.2 Å². The Labute approximate surface area is 90.5 Å². The van der Waals surface area contributed by atoms with Crippen molar-refractivity contribution in [3.8, 4) is 0 Å². The molecule has 0 aliphatic heterocycles. The van der Waals surface area contributed by atoms with Gasteiger partial charge >= 0.3 is 0 Å². The maximum absolute atomic E-state index is 2.46. The van der Waals surface area contributed by atoms with E-state index in [1.54, 1.807) is 0 Å². The third kappa shape index (κ3) is 1.73. The zero-order valence-electron chi connectivity index (χ0n) is 11.2. The third-order valence-corrected chi connectivity index (χ3v) is 4.87. The zero-order valence-corrected chi connectivity index (χ0v) is 11.2. The second kappa shape index (κ2) is 3.25. The Morgan fingerprint density at radius 2 is 1.36 bits per heavy atom. The Kier molecular flexibility index (Phi) is 2.80. The molecule has 1 atom stereocenters. The predicted octanol–water partition coefficient (Wildman–Crippen LogP) is 4.89. The van der Waals surface area contributed by atoms with Gasteiger partial charge in [0.25, 0.3) is 0 Å². The first-order chi connectivity index (χ1) is 6.11. The van der Waals surface area contributed by atoms with Gasteiger partial charge in [0.15, 0.2) is 0 Å². The minimum atomic E-state index is 0.452. The minimum Gasteiger partial charge on any atom is -0.0615 e. The van der Waals surface area contributed by atoms with Gasteiger partial charge < -0.3 is 0 Å². The lowest BCUT2D eigenvalue weighted by Gasteiger charge is -2.59. The van der Waals surface area contributed by atoms with Crippen LogP contribution in [0.3, 0.4) is 0 Å². The van der Waals surface area contributed by atoms with Crippen LogP contribution in [0.2, 0.25) is 0 Å². The van der Waals surface area contributed by atoms with Crippen molar-refractivity contribution >= 4 is 0 Å². The minimum absolute atomic E-state index is 0.452. The molecule has 0 aromatic carbocycles. The average molecular weight is 196 g/mol. The first kappa shape index (κ1) is 12.1. The molecule has 0 aromatic heterocycles. The molecule has 84 valence electrons.